The van der Waals surface area contributed by atoms with Gasteiger partial charge in [-0.3, -0.25) is 23.9 Å². The van der Waals surface area contributed by atoms with Crippen molar-refractivity contribution in [3.8, 4) is 5.75 Å². The fraction of sp³-hybridized carbons (Fsp3) is 0.294. The van der Waals surface area contributed by atoms with Crippen molar-refractivity contribution in [3.05, 3.63) is 62.9 Å². The Morgan fingerprint density at radius 3 is 2.50 bits per heavy atom. The largest absolute Gasteiger partial charge is 0.497 e. The van der Waals surface area contributed by atoms with Crippen molar-refractivity contribution in [1.82, 2.24) is 14.9 Å². The molecule has 0 aliphatic carbocycles. The van der Waals surface area contributed by atoms with Gasteiger partial charge in [-0.2, -0.15) is 0 Å². The minimum Gasteiger partial charge on any atom is -0.497 e. The van der Waals surface area contributed by atoms with Crippen LogP contribution in [-0.4, -0.2) is 34.6 Å². The van der Waals surface area contributed by atoms with Gasteiger partial charge in [0.05, 0.1) is 7.11 Å². The van der Waals surface area contributed by atoms with Crippen LogP contribution < -0.4 is 21.3 Å². The number of ether oxygens (including phenoxy) is 2. The van der Waals surface area contributed by atoms with Crippen LogP contribution in [0.2, 0.25) is 0 Å². The van der Waals surface area contributed by atoms with Crippen molar-refractivity contribution < 1.29 is 19.1 Å². The Hall–Kier alpha value is -3.36. The zero-order valence-corrected chi connectivity index (χ0v) is 14.4. The molecule has 26 heavy (non-hydrogen) atoms. The molecule has 2 aromatic rings. The van der Waals surface area contributed by atoms with Gasteiger partial charge in [-0.25, -0.2) is 4.79 Å². The molecule has 1 aromatic carbocycles. The minimum atomic E-state index is -1.03. The molecule has 0 aliphatic rings. The molecule has 1 atom stereocenters. The maximum atomic E-state index is 12.0. The van der Waals surface area contributed by atoms with Crippen LogP contribution in [0.15, 0.2) is 46.1 Å². The maximum absolute atomic E-state index is 12.0. The summed E-state index contributed by atoms with van der Waals surface area (Å²) in [6.07, 6.45) is 0.149. The lowest BCUT2D eigenvalue weighted by molar-refractivity contribution is -0.155. The summed E-state index contributed by atoms with van der Waals surface area (Å²) < 4.78 is 11.0. The zero-order chi connectivity index (χ0) is 19.1. The van der Waals surface area contributed by atoms with E-state index in [1.807, 2.05) is 4.98 Å². The van der Waals surface area contributed by atoms with Crippen LogP contribution >= 0.6 is 0 Å². The van der Waals surface area contributed by atoms with Crippen molar-refractivity contribution >= 4 is 11.9 Å². The second kappa shape index (κ2) is 8.65. The number of nitrogens with zero attached hydrogens (tertiary/aromatic N) is 1. The van der Waals surface area contributed by atoms with Crippen LogP contribution in [-0.2, 0) is 27.4 Å². The average molecular weight is 361 g/mol. The van der Waals surface area contributed by atoms with Gasteiger partial charge in [0.1, 0.15) is 12.3 Å². The number of carbonyl (C=O) groups excluding carboxylic acids is 2. The molecule has 0 spiro atoms. The number of aromatic amines is 1. The van der Waals surface area contributed by atoms with Crippen molar-refractivity contribution in [3.63, 3.8) is 0 Å². The number of hydrogen-bond donors (Lipinski definition) is 2. The average Bonchev–Trinajstić information content (AvgIpc) is 2.62. The van der Waals surface area contributed by atoms with Crippen molar-refractivity contribution in [2.45, 2.75) is 26.1 Å². The first-order chi connectivity index (χ1) is 12.4. The van der Waals surface area contributed by atoms with Crippen LogP contribution in [0.1, 0.15) is 12.5 Å². The fourth-order valence-corrected chi connectivity index (χ4v) is 2.07. The Labute approximate surface area is 148 Å². The van der Waals surface area contributed by atoms with Crippen LogP contribution in [0.25, 0.3) is 0 Å². The van der Waals surface area contributed by atoms with E-state index in [2.05, 4.69) is 5.32 Å². The summed E-state index contributed by atoms with van der Waals surface area (Å²) in [6.45, 7) is 1.28. The first kappa shape index (κ1) is 19.0. The van der Waals surface area contributed by atoms with E-state index in [4.69, 9.17) is 9.47 Å². The molecule has 2 N–H and O–H groups in total. The number of H-pyrrole nitrogens is 1. The van der Waals surface area contributed by atoms with E-state index >= 15 is 0 Å². The van der Waals surface area contributed by atoms with Gasteiger partial charge in [0, 0.05) is 18.8 Å². The molecule has 0 bridgehead atoms. The quantitative estimate of drug-likeness (QED) is 0.659. The number of rotatable bonds is 7. The number of nitrogens with one attached hydrogen (secondary N) is 2. The zero-order valence-electron chi connectivity index (χ0n) is 14.4. The number of amides is 1. The van der Waals surface area contributed by atoms with Crippen molar-refractivity contribution in [1.29, 1.82) is 0 Å². The first-order valence-corrected chi connectivity index (χ1v) is 7.79. The molecule has 1 amide bonds. The normalized spacial score (nSPS) is 11.5. The summed E-state index contributed by atoms with van der Waals surface area (Å²) in [7, 11) is 1.56. The second-order valence-electron chi connectivity index (χ2n) is 5.44. The summed E-state index contributed by atoms with van der Waals surface area (Å²) in [6, 6.07) is 8.26. The van der Waals surface area contributed by atoms with Crippen LogP contribution in [0.3, 0.4) is 0 Å². The molecular formula is C17H19N3O6. The predicted octanol–water partition coefficient (Wildman–Crippen LogP) is -0.207. The minimum absolute atomic E-state index is 0.268. The summed E-state index contributed by atoms with van der Waals surface area (Å²) in [5, 5.41) is 2.65. The molecule has 0 saturated carbocycles. The molecule has 0 radical (unpaired) electrons. The molecule has 9 nitrogen and oxygen atoms in total. The number of esters is 1. The van der Waals surface area contributed by atoms with Gasteiger partial charge in [-0.15, -0.1) is 0 Å². The van der Waals surface area contributed by atoms with E-state index in [-0.39, 0.29) is 6.54 Å². The van der Waals surface area contributed by atoms with Gasteiger partial charge in [0.2, 0.25) is 0 Å². The number of hydrogen-bond acceptors (Lipinski definition) is 6. The Morgan fingerprint density at radius 2 is 1.88 bits per heavy atom. The number of aromatic nitrogens is 2. The highest BCUT2D eigenvalue weighted by molar-refractivity contribution is 5.83. The van der Waals surface area contributed by atoms with Gasteiger partial charge in [0.25, 0.3) is 11.5 Å². The molecule has 2 rings (SSSR count). The molecule has 0 fully saturated rings. The molecular weight excluding hydrogens is 342 g/mol. The Bertz CT molecular complexity index is 884. The highest BCUT2D eigenvalue weighted by Crippen LogP contribution is 2.11. The molecule has 138 valence electrons. The Kier molecular flexibility index (Phi) is 6.31. The highest BCUT2D eigenvalue weighted by Gasteiger charge is 2.18. The van der Waals surface area contributed by atoms with Gasteiger partial charge < -0.3 is 14.8 Å². The summed E-state index contributed by atoms with van der Waals surface area (Å²) in [5.74, 6) is -0.533. The molecule has 0 unspecified atom stereocenters. The van der Waals surface area contributed by atoms with Gasteiger partial charge in [0.15, 0.2) is 6.10 Å². The maximum Gasteiger partial charge on any atom is 0.328 e. The Balaban J connectivity index is 1.84. The van der Waals surface area contributed by atoms with Gasteiger partial charge in [-0.05, 0) is 24.6 Å². The number of carbonyl (C=O) groups is 2. The van der Waals surface area contributed by atoms with E-state index < -0.39 is 35.8 Å². The molecule has 1 heterocycles. The van der Waals surface area contributed by atoms with Gasteiger partial charge >= 0.3 is 11.7 Å². The van der Waals surface area contributed by atoms with E-state index in [9.17, 15) is 19.2 Å². The van der Waals surface area contributed by atoms with Crippen LogP contribution in [0.4, 0.5) is 0 Å². The third-order valence-corrected chi connectivity index (χ3v) is 3.50. The lowest BCUT2D eigenvalue weighted by Crippen LogP contribution is -2.37. The van der Waals surface area contributed by atoms with E-state index in [1.165, 1.54) is 13.1 Å². The predicted molar refractivity (Wildman–Crippen MR) is 91.7 cm³/mol. The number of methoxy groups -OCH3 is 1. The smallest absolute Gasteiger partial charge is 0.328 e. The third-order valence-electron chi connectivity index (χ3n) is 3.50. The lowest BCUT2D eigenvalue weighted by Gasteiger charge is -2.14. The lowest BCUT2D eigenvalue weighted by atomic mass is 10.2. The topological polar surface area (TPSA) is 119 Å². The molecule has 0 aliphatic heterocycles. The van der Waals surface area contributed by atoms with Crippen LogP contribution in [0, 0.1) is 0 Å². The SMILES string of the molecule is COc1ccc(CNC(=O)[C@@H](C)OC(=O)Cn2ccc(=O)[nH]c2=O)cc1. The number of benzene rings is 1. The highest BCUT2D eigenvalue weighted by atomic mass is 16.5. The molecule has 0 saturated heterocycles. The summed E-state index contributed by atoms with van der Waals surface area (Å²) in [5.41, 5.74) is -0.436. The van der Waals surface area contributed by atoms with Gasteiger partial charge in [-0.1, -0.05) is 12.1 Å². The first-order valence-electron chi connectivity index (χ1n) is 7.79. The molecule has 1 aromatic heterocycles. The molecule has 9 heteroatoms. The van der Waals surface area contributed by atoms with Crippen molar-refractivity contribution in [2.24, 2.45) is 0 Å². The van der Waals surface area contributed by atoms with Crippen LogP contribution in [0.5, 0.6) is 5.75 Å². The fourth-order valence-electron chi connectivity index (χ4n) is 2.07. The third kappa shape index (κ3) is 5.33. The standard InChI is InChI=1S/C17H19N3O6/c1-11(16(23)18-9-12-3-5-13(25-2)6-4-12)26-15(22)10-20-8-7-14(21)19-17(20)24/h3-8,11H,9-10H2,1-2H3,(H,18,23)(H,19,21,24)/t11-/m1/s1. The van der Waals surface area contributed by atoms with Crippen molar-refractivity contribution in [2.75, 3.05) is 7.11 Å². The monoisotopic (exact) mass is 361 g/mol. The summed E-state index contributed by atoms with van der Waals surface area (Å²) >= 11 is 0. The summed E-state index contributed by atoms with van der Waals surface area (Å²) in [4.78, 5) is 48.4. The van der Waals surface area contributed by atoms with E-state index in [1.54, 1.807) is 31.4 Å². The second-order valence-corrected chi connectivity index (χ2v) is 5.44. The Morgan fingerprint density at radius 1 is 1.19 bits per heavy atom. The van der Waals surface area contributed by atoms with E-state index in [0.717, 1.165) is 16.2 Å². The van der Waals surface area contributed by atoms with E-state index in [0.29, 0.717) is 5.75 Å².